The number of hydrogen-bond donors (Lipinski definition) is 1. The Balaban J connectivity index is 0.00000289. The lowest BCUT2D eigenvalue weighted by atomic mass is 10.3. The molecular formula is C12H20ClN3O2. The summed E-state index contributed by atoms with van der Waals surface area (Å²) in [5, 5.41) is 0. The van der Waals surface area contributed by atoms with Crippen LogP contribution in [0, 0.1) is 0 Å². The summed E-state index contributed by atoms with van der Waals surface area (Å²) in [7, 11) is 0. The van der Waals surface area contributed by atoms with E-state index >= 15 is 0 Å². The number of halogens is 1. The minimum absolute atomic E-state index is 0. The molecule has 0 aliphatic heterocycles. The minimum atomic E-state index is -0.0906. The Kier molecular flexibility index (Phi) is 8.07. The van der Waals surface area contributed by atoms with Gasteiger partial charge in [0.15, 0.2) is 0 Å². The summed E-state index contributed by atoms with van der Waals surface area (Å²) in [5.74, 6) is -0.0906. The summed E-state index contributed by atoms with van der Waals surface area (Å²) in [4.78, 5) is 17.8. The van der Waals surface area contributed by atoms with Gasteiger partial charge in [0.05, 0.1) is 18.5 Å². The molecule has 5 nitrogen and oxygen atoms in total. The van der Waals surface area contributed by atoms with E-state index in [4.69, 9.17) is 10.5 Å². The maximum absolute atomic E-state index is 12.0. The van der Waals surface area contributed by atoms with Gasteiger partial charge >= 0.3 is 0 Å². The molecule has 6 heteroatoms. The first kappa shape index (κ1) is 16.7. The van der Waals surface area contributed by atoms with Gasteiger partial charge in [-0.25, -0.2) is 4.98 Å². The number of rotatable bonds is 6. The number of nitrogens with two attached hydrogens (primary N) is 1. The summed E-state index contributed by atoms with van der Waals surface area (Å²) in [6.45, 7) is 6.28. The third-order valence-corrected chi connectivity index (χ3v) is 2.38. The normalized spacial score (nSPS) is 9.67. The molecule has 0 spiro atoms. The number of hydrogen-bond acceptors (Lipinski definition) is 4. The van der Waals surface area contributed by atoms with Crippen molar-refractivity contribution in [1.29, 1.82) is 0 Å². The van der Waals surface area contributed by atoms with Gasteiger partial charge in [0.25, 0.3) is 5.91 Å². The van der Waals surface area contributed by atoms with Crippen molar-refractivity contribution in [3.8, 4) is 0 Å². The van der Waals surface area contributed by atoms with E-state index in [1.54, 1.807) is 17.0 Å². The smallest absolute Gasteiger partial charge is 0.272 e. The molecule has 1 heterocycles. The van der Waals surface area contributed by atoms with Gasteiger partial charge in [-0.3, -0.25) is 4.79 Å². The Labute approximate surface area is 114 Å². The Morgan fingerprint density at radius 1 is 1.44 bits per heavy atom. The van der Waals surface area contributed by atoms with Gasteiger partial charge in [-0.05, 0) is 26.0 Å². The van der Waals surface area contributed by atoms with E-state index < -0.39 is 0 Å². The zero-order chi connectivity index (χ0) is 12.7. The van der Waals surface area contributed by atoms with Crippen LogP contribution in [0.1, 0.15) is 24.3 Å². The number of pyridine rings is 1. The molecule has 2 N–H and O–H groups in total. The largest absolute Gasteiger partial charge is 0.397 e. The highest BCUT2D eigenvalue weighted by molar-refractivity contribution is 5.92. The fourth-order valence-corrected chi connectivity index (χ4v) is 1.42. The first-order valence-electron chi connectivity index (χ1n) is 5.77. The third-order valence-electron chi connectivity index (χ3n) is 2.38. The van der Waals surface area contributed by atoms with Crippen molar-refractivity contribution in [2.45, 2.75) is 13.8 Å². The van der Waals surface area contributed by atoms with E-state index in [0.29, 0.717) is 37.7 Å². The van der Waals surface area contributed by atoms with Crippen LogP contribution in [0.15, 0.2) is 18.3 Å². The molecular weight excluding hydrogens is 254 g/mol. The Morgan fingerprint density at radius 2 is 2.17 bits per heavy atom. The summed E-state index contributed by atoms with van der Waals surface area (Å²) in [6.07, 6.45) is 1.49. The predicted molar refractivity (Wildman–Crippen MR) is 74.0 cm³/mol. The zero-order valence-corrected chi connectivity index (χ0v) is 11.6. The van der Waals surface area contributed by atoms with Crippen LogP contribution in [0.4, 0.5) is 5.69 Å². The van der Waals surface area contributed by atoms with Crippen LogP contribution in [0.5, 0.6) is 0 Å². The van der Waals surface area contributed by atoms with Crippen LogP contribution < -0.4 is 5.73 Å². The highest BCUT2D eigenvalue weighted by Crippen LogP contribution is 2.05. The van der Waals surface area contributed by atoms with E-state index in [2.05, 4.69) is 4.98 Å². The molecule has 0 saturated heterocycles. The lowest BCUT2D eigenvalue weighted by molar-refractivity contribution is 0.0664. The van der Waals surface area contributed by atoms with Gasteiger partial charge in [0, 0.05) is 19.7 Å². The SMILES string of the molecule is CCOCCN(CC)C(=O)c1ccc(N)cn1.Cl. The molecule has 1 aromatic heterocycles. The van der Waals surface area contributed by atoms with Crippen LogP contribution in [-0.2, 0) is 4.74 Å². The first-order chi connectivity index (χ1) is 8.19. The van der Waals surface area contributed by atoms with Crippen molar-refractivity contribution in [3.05, 3.63) is 24.0 Å². The molecule has 1 rings (SSSR count). The lowest BCUT2D eigenvalue weighted by Gasteiger charge is -2.20. The summed E-state index contributed by atoms with van der Waals surface area (Å²) < 4.78 is 5.24. The summed E-state index contributed by atoms with van der Waals surface area (Å²) in [5.41, 5.74) is 6.50. The fourth-order valence-electron chi connectivity index (χ4n) is 1.42. The number of ether oxygens (including phenoxy) is 1. The molecule has 0 aromatic carbocycles. The van der Waals surface area contributed by atoms with Crippen LogP contribution >= 0.6 is 12.4 Å². The molecule has 0 unspecified atom stereocenters. The second-order valence-electron chi connectivity index (χ2n) is 3.56. The van der Waals surface area contributed by atoms with Gasteiger partial charge in [0.1, 0.15) is 5.69 Å². The Hall–Kier alpha value is -1.33. The zero-order valence-electron chi connectivity index (χ0n) is 10.8. The number of nitrogens with zero attached hydrogens (tertiary/aromatic N) is 2. The summed E-state index contributed by atoms with van der Waals surface area (Å²) in [6, 6.07) is 3.32. The molecule has 1 aromatic rings. The maximum atomic E-state index is 12.0. The van der Waals surface area contributed by atoms with Gasteiger partial charge < -0.3 is 15.4 Å². The molecule has 0 radical (unpaired) electrons. The van der Waals surface area contributed by atoms with Crippen LogP contribution in [-0.4, -0.2) is 42.1 Å². The standard InChI is InChI=1S/C12H19N3O2.ClH/c1-3-15(7-8-17-4-2)12(16)11-6-5-10(13)9-14-11;/h5-6,9H,3-4,7-8,13H2,1-2H3;1H. The molecule has 0 aliphatic rings. The average molecular weight is 274 g/mol. The molecule has 102 valence electrons. The van der Waals surface area contributed by atoms with Crippen molar-refractivity contribution >= 4 is 24.0 Å². The van der Waals surface area contributed by atoms with E-state index in [9.17, 15) is 4.79 Å². The molecule has 0 fully saturated rings. The van der Waals surface area contributed by atoms with Gasteiger partial charge in [0.2, 0.25) is 0 Å². The highest BCUT2D eigenvalue weighted by atomic mass is 35.5. The first-order valence-corrected chi connectivity index (χ1v) is 5.77. The van der Waals surface area contributed by atoms with Crippen LogP contribution in [0.25, 0.3) is 0 Å². The fraction of sp³-hybridized carbons (Fsp3) is 0.500. The van der Waals surface area contributed by atoms with E-state index in [1.807, 2.05) is 13.8 Å². The van der Waals surface area contributed by atoms with Crippen LogP contribution in [0.2, 0.25) is 0 Å². The highest BCUT2D eigenvalue weighted by Gasteiger charge is 2.14. The number of carbonyl (C=O) groups excluding carboxylic acids is 1. The van der Waals surface area contributed by atoms with Gasteiger partial charge in [-0.2, -0.15) is 0 Å². The molecule has 0 atom stereocenters. The topological polar surface area (TPSA) is 68.5 Å². The molecule has 0 aliphatic carbocycles. The second kappa shape index (κ2) is 8.72. The average Bonchev–Trinajstić information content (AvgIpc) is 2.35. The minimum Gasteiger partial charge on any atom is -0.397 e. The number of carbonyl (C=O) groups is 1. The second-order valence-corrected chi connectivity index (χ2v) is 3.56. The number of nitrogen functional groups attached to an aromatic ring is 1. The number of likely N-dealkylation sites (N-methyl/N-ethyl adjacent to an activating group) is 1. The van der Waals surface area contributed by atoms with Gasteiger partial charge in [-0.15, -0.1) is 12.4 Å². The quantitative estimate of drug-likeness (QED) is 0.799. The maximum Gasteiger partial charge on any atom is 0.272 e. The molecule has 0 bridgehead atoms. The van der Waals surface area contributed by atoms with Crippen molar-refractivity contribution in [2.24, 2.45) is 0 Å². The third kappa shape index (κ3) is 4.89. The monoisotopic (exact) mass is 273 g/mol. The summed E-state index contributed by atoms with van der Waals surface area (Å²) >= 11 is 0. The molecule has 1 amide bonds. The Morgan fingerprint density at radius 3 is 2.67 bits per heavy atom. The van der Waals surface area contributed by atoms with E-state index in [-0.39, 0.29) is 18.3 Å². The molecule has 0 saturated carbocycles. The number of anilines is 1. The Bertz CT molecular complexity index is 357. The number of amides is 1. The van der Waals surface area contributed by atoms with Crippen molar-refractivity contribution < 1.29 is 9.53 Å². The number of aromatic nitrogens is 1. The van der Waals surface area contributed by atoms with Crippen LogP contribution in [0.3, 0.4) is 0 Å². The lowest BCUT2D eigenvalue weighted by Crippen LogP contribution is -2.34. The van der Waals surface area contributed by atoms with E-state index in [0.717, 1.165) is 0 Å². The van der Waals surface area contributed by atoms with Gasteiger partial charge in [-0.1, -0.05) is 0 Å². The van der Waals surface area contributed by atoms with Crippen molar-refractivity contribution in [3.63, 3.8) is 0 Å². The van der Waals surface area contributed by atoms with Crippen molar-refractivity contribution in [2.75, 3.05) is 32.0 Å². The van der Waals surface area contributed by atoms with E-state index in [1.165, 1.54) is 6.20 Å². The predicted octanol–water partition coefficient (Wildman–Crippen LogP) is 1.58. The van der Waals surface area contributed by atoms with Crippen molar-refractivity contribution in [1.82, 2.24) is 9.88 Å². The molecule has 18 heavy (non-hydrogen) atoms.